The maximum absolute atomic E-state index is 13.5. The van der Waals surface area contributed by atoms with E-state index < -0.39 is 23.3 Å². The van der Waals surface area contributed by atoms with Crippen LogP contribution in [-0.4, -0.2) is 41.4 Å². The molecule has 1 amide bonds. The quantitative estimate of drug-likeness (QED) is 0.907. The Balaban J connectivity index is 2.18. The molecule has 1 aromatic rings. The van der Waals surface area contributed by atoms with Crippen molar-refractivity contribution in [3.05, 3.63) is 35.4 Å². The van der Waals surface area contributed by atoms with Crippen LogP contribution in [0.3, 0.4) is 0 Å². The summed E-state index contributed by atoms with van der Waals surface area (Å²) in [4.78, 5) is 13.8. The summed E-state index contributed by atoms with van der Waals surface area (Å²) in [6.07, 6.45) is 0.154. The minimum atomic E-state index is -0.923. The lowest BCUT2D eigenvalue weighted by Crippen LogP contribution is -2.45. The Bertz CT molecular complexity index is 571. The first-order valence-electron chi connectivity index (χ1n) is 7.75. The molecule has 1 fully saturated rings. The number of piperidine rings is 1. The molecule has 4 nitrogen and oxygen atoms in total. The monoisotopic (exact) mass is 327 g/mol. The summed E-state index contributed by atoms with van der Waals surface area (Å²) in [6, 6.07) is 3.72. The summed E-state index contributed by atoms with van der Waals surface area (Å²) in [5, 5.41) is 9.56. The van der Waals surface area contributed by atoms with Crippen molar-refractivity contribution in [1.82, 2.24) is 4.90 Å². The number of carbonyl (C=O) groups is 1. The normalized spacial score (nSPS) is 22.1. The zero-order valence-electron chi connectivity index (χ0n) is 13.7. The number of aliphatic hydroxyl groups excluding tert-OH is 1. The maximum atomic E-state index is 13.5. The molecule has 2 rings (SSSR count). The molecule has 128 valence electrons. The average Bonchev–Trinajstić information content (AvgIpc) is 2.47. The van der Waals surface area contributed by atoms with E-state index in [4.69, 9.17) is 4.74 Å². The van der Waals surface area contributed by atoms with E-state index in [1.165, 1.54) is 6.07 Å². The standard InChI is InChI=1S/C17H23F2NO3/c1-17(2,3)23-16(22)20-7-6-12(10-21)13(9-20)11-4-5-14(18)15(19)8-11/h4-5,8,12-13,21H,6-7,9-10H2,1-3H3/t12?,13-/m1/s1. The number of hydrogen-bond acceptors (Lipinski definition) is 3. The smallest absolute Gasteiger partial charge is 0.410 e. The Morgan fingerprint density at radius 2 is 2.04 bits per heavy atom. The van der Waals surface area contributed by atoms with Crippen LogP contribution in [0.1, 0.15) is 38.7 Å². The molecule has 1 aliphatic heterocycles. The van der Waals surface area contributed by atoms with Crippen LogP contribution in [0, 0.1) is 17.6 Å². The van der Waals surface area contributed by atoms with Gasteiger partial charge in [0.1, 0.15) is 5.60 Å². The van der Waals surface area contributed by atoms with Crippen molar-refractivity contribution >= 4 is 6.09 Å². The van der Waals surface area contributed by atoms with Gasteiger partial charge in [-0.25, -0.2) is 13.6 Å². The molecule has 1 N–H and O–H groups in total. The maximum Gasteiger partial charge on any atom is 0.410 e. The molecule has 1 saturated heterocycles. The van der Waals surface area contributed by atoms with Crippen molar-refractivity contribution in [3.8, 4) is 0 Å². The minimum absolute atomic E-state index is 0.0637. The van der Waals surface area contributed by atoms with E-state index in [1.807, 2.05) is 0 Å². The van der Waals surface area contributed by atoms with Gasteiger partial charge in [0.15, 0.2) is 11.6 Å². The first kappa shape index (κ1) is 17.7. The number of rotatable bonds is 2. The molecule has 1 heterocycles. The fourth-order valence-corrected chi connectivity index (χ4v) is 2.83. The molecule has 1 aliphatic rings. The van der Waals surface area contributed by atoms with E-state index in [1.54, 1.807) is 25.7 Å². The summed E-state index contributed by atoms with van der Waals surface area (Å²) in [5.74, 6) is -2.18. The Hall–Kier alpha value is -1.69. The number of carbonyl (C=O) groups excluding carboxylic acids is 1. The molecular weight excluding hydrogens is 304 g/mol. The summed E-state index contributed by atoms with van der Waals surface area (Å²) < 4.78 is 32.0. The Kier molecular flexibility index (Phi) is 5.24. The molecule has 0 aliphatic carbocycles. The molecule has 6 heteroatoms. The van der Waals surface area contributed by atoms with E-state index >= 15 is 0 Å². The van der Waals surface area contributed by atoms with Crippen LogP contribution in [0.15, 0.2) is 18.2 Å². The van der Waals surface area contributed by atoms with Crippen molar-refractivity contribution in [1.29, 1.82) is 0 Å². The van der Waals surface area contributed by atoms with E-state index in [2.05, 4.69) is 0 Å². The highest BCUT2D eigenvalue weighted by molar-refractivity contribution is 5.68. The Labute approximate surface area is 135 Å². The van der Waals surface area contributed by atoms with Gasteiger partial charge in [-0.3, -0.25) is 0 Å². The third-order valence-electron chi connectivity index (χ3n) is 4.01. The van der Waals surface area contributed by atoms with Crippen molar-refractivity contribution in [2.75, 3.05) is 19.7 Å². The van der Waals surface area contributed by atoms with E-state index in [0.29, 0.717) is 25.1 Å². The lowest BCUT2D eigenvalue weighted by molar-refractivity contribution is 0.0122. The van der Waals surface area contributed by atoms with E-state index in [-0.39, 0.29) is 18.4 Å². The van der Waals surface area contributed by atoms with Gasteiger partial charge >= 0.3 is 6.09 Å². The van der Waals surface area contributed by atoms with E-state index in [0.717, 1.165) is 12.1 Å². The van der Waals surface area contributed by atoms with Crippen LogP contribution in [0.5, 0.6) is 0 Å². The molecule has 0 spiro atoms. The highest BCUT2D eigenvalue weighted by Crippen LogP contribution is 2.33. The second kappa shape index (κ2) is 6.83. The molecule has 23 heavy (non-hydrogen) atoms. The van der Waals surface area contributed by atoms with E-state index in [9.17, 15) is 18.7 Å². The van der Waals surface area contributed by atoms with Gasteiger partial charge < -0.3 is 14.7 Å². The Morgan fingerprint density at radius 1 is 1.35 bits per heavy atom. The van der Waals surface area contributed by atoms with Gasteiger partial charge in [-0.2, -0.15) is 0 Å². The lowest BCUT2D eigenvalue weighted by Gasteiger charge is -2.38. The van der Waals surface area contributed by atoms with Gasteiger partial charge in [-0.05, 0) is 50.8 Å². The number of amides is 1. The molecular formula is C17H23F2NO3. The third-order valence-corrected chi connectivity index (χ3v) is 4.01. The minimum Gasteiger partial charge on any atom is -0.444 e. The fraction of sp³-hybridized carbons (Fsp3) is 0.588. The molecule has 0 bridgehead atoms. The van der Waals surface area contributed by atoms with Crippen LogP contribution < -0.4 is 0 Å². The highest BCUT2D eigenvalue weighted by atomic mass is 19.2. The van der Waals surface area contributed by atoms with Crippen LogP contribution in [0.4, 0.5) is 13.6 Å². The predicted molar refractivity (Wildman–Crippen MR) is 82.1 cm³/mol. The van der Waals surface area contributed by atoms with Crippen molar-refractivity contribution < 1.29 is 23.4 Å². The third kappa shape index (κ3) is 4.41. The van der Waals surface area contributed by atoms with Crippen LogP contribution in [0.2, 0.25) is 0 Å². The molecule has 1 aromatic carbocycles. The SMILES string of the molecule is CC(C)(C)OC(=O)N1CCC(CO)[C@@H](c2ccc(F)c(F)c2)C1. The predicted octanol–water partition coefficient (Wildman–Crippen LogP) is 3.30. The van der Waals surface area contributed by atoms with Gasteiger partial charge in [0.2, 0.25) is 0 Å². The largest absolute Gasteiger partial charge is 0.444 e. The highest BCUT2D eigenvalue weighted by Gasteiger charge is 2.34. The topological polar surface area (TPSA) is 49.8 Å². The van der Waals surface area contributed by atoms with Crippen molar-refractivity contribution in [2.45, 2.75) is 38.7 Å². The van der Waals surface area contributed by atoms with Crippen LogP contribution in [0.25, 0.3) is 0 Å². The molecule has 0 saturated carbocycles. The fourth-order valence-electron chi connectivity index (χ4n) is 2.83. The zero-order chi connectivity index (χ0) is 17.2. The Morgan fingerprint density at radius 3 is 2.61 bits per heavy atom. The first-order chi connectivity index (χ1) is 10.7. The number of halogens is 2. The molecule has 0 aromatic heterocycles. The second-order valence-corrected chi connectivity index (χ2v) is 6.94. The van der Waals surface area contributed by atoms with Gasteiger partial charge in [0.25, 0.3) is 0 Å². The number of ether oxygens (including phenoxy) is 1. The van der Waals surface area contributed by atoms with Crippen molar-refractivity contribution in [3.63, 3.8) is 0 Å². The summed E-state index contributed by atoms with van der Waals surface area (Å²) >= 11 is 0. The number of benzene rings is 1. The summed E-state index contributed by atoms with van der Waals surface area (Å²) in [7, 11) is 0. The number of likely N-dealkylation sites (tertiary alicyclic amines) is 1. The van der Waals surface area contributed by atoms with Crippen LogP contribution in [-0.2, 0) is 4.74 Å². The van der Waals surface area contributed by atoms with Gasteiger partial charge in [0, 0.05) is 25.6 Å². The average molecular weight is 327 g/mol. The van der Waals surface area contributed by atoms with Gasteiger partial charge in [-0.15, -0.1) is 0 Å². The molecule has 0 radical (unpaired) electrons. The van der Waals surface area contributed by atoms with Crippen molar-refractivity contribution in [2.24, 2.45) is 5.92 Å². The summed E-state index contributed by atoms with van der Waals surface area (Å²) in [5.41, 5.74) is -0.0150. The van der Waals surface area contributed by atoms with Gasteiger partial charge in [0.05, 0.1) is 0 Å². The lowest BCUT2D eigenvalue weighted by atomic mass is 9.81. The van der Waals surface area contributed by atoms with Crippen LogP contribution >= 0.6 is 0 Å². The molecule has 1 unspecified atom stereocenters. The van der Waals surface area contributed by atoms with Gasteiger partial charge in [-0.1, -0.05) is 6.07 Å². The summed E-state index contributed by atoms with van der Waals surface area (Å²) in [6.45, 7) is 6.09. The molecule has 2 atom stereocenters. The number of nitrogens with zero attached hydrogens (tertiary/aromatic N) is 1. The number of hydrogen-bond donors (Lipinski definition) is 1. The first-order valence-corrected chi connectivity index (χ1v) is 7.75. The number of aliphatic hydroxyl groups is 1. The second-order valence-electron chi connectivity index (χ2n) is 6.94. The zero-order valence-corrected chi connectivity index (χ0v) is 13.7.